The summed E-state index contributed by atoms with van der Waals surface area (Å²) in [5.41, 5.74) is 2.57. The first-order valence-electron chi connectivity index (χ1n) is 6.79. The van der Waals surface area contributed by atoms with Crippen LogP contribution in [0, 0.1) is 0 Å². The van der Waals surface area contributed by atoms with E-state index in [1.165, 1.54) is 12.7 Å². The third-order valence-electron chi connectivity index (χ3n) is 3.23. The minimum atomic E-state index is -0.189. The SMILES string of the molecule is CCNC(CC(=O)OC)c1ccc(C(C)(C)C)cc1. The van der Waals surface area contributed by atoms with Crippen molar-refractivity contribution in [3.8, 4) is 0 Å². The van der Waals surface area contributed by atoms with Crippen molar-refractivity contribution in [3.63, 3.8) is 0 Å². The van der Waals surface area contributed by atoms with E-state index in [1.807, 2.05) is 6.92 Å². The molecule has 1 aromatic carbocycles. The molecule has 0 saturated carbocycles. The van der Waals surface area contributed by atoms with Crippen molar-refractivity contribution in [1.82, 2.24) is 5.32 Å². The Hall–Kier alpha value is -1.35. The molecular formula is C16H25NO2. The summed E-state index contributed by atoms with van der Waals surface area (Å²) >= 11 is 0. The summed E-state index contributed by atoms with van der Waals surface area (Å²) in [5, 5.41) is 3.32. The Morgan fingerprint density at radius 1 is 1.26 bits per heavy atom. The lowest BCUT2D eigenvalue weighted by Crippen LogP contribution is -2.24. The molecule has 1 rings (SSSR count). The summed E-state index contributed by atoms with van der Waals surface area (Å²) in [6, 6.07) is 8.48. The van der Waals surface area contributed by atoms with Gasteiger partial charge in [0.05, 0.1) is 13.5 Å². The van der Waals surface area contributed by atoms with E-state index in [2.05, 4.69) is 50.4 Å². The maximum Gasteiger partial charge on any atom is 0.307 e. The number of nitrogens with one attached hydrogen (secondary N) is 1. The van der Waals surface area contributed by atoms with Crippen molar-refractivity contribution in [2.24, 2.45) is 0 Å². The quantitative estimate of drug-likeness (QED) is 0.829. The molecule has 1 N–H and O–H groups in total. The van der Waals surface area contributed by atoms with Crippen molar-refractivity contribution in [2.75, 3.05) is 13.7 Å². The van der Waals surface area contributed by atoms with Gasteiger partial charge in [-0.1, -0.05) is 52.0 Å². The van der Waals surface area contributed by atoms with Crippen molar-refractivity contribution in [3.05, 3.63) is 35.4 Å². The Labute approximate surface area is 116 Å². The molecule has 0 heterocycles. The van der Waals surface area contributed by atoms with E-state index in [0.29, 0.717) is 6.42 Å². The highest BCUT2D eigenvalue weighted by atomic mass is 16.5. The molecule has 0 saturated heterocycles. The number of esters is 1. The maximum absolute atomic E-state index is 11.4. The zero-order chi connectivity index (χ0) is 14.5. The lowest BCUT2D eigenvalue weighted by atomic mass is 9.86. The van der Waals surface area contributed by atoms with Crippen molar-refractivity contribution < 1.29 is 9.53 Å². The molecule has 0 bridgehead atoms. The minimum Gasteiger partial charge on any atom is -0.469 e. The molecule has 19 heavy (non-hydrogen) atoms. The topological polar surface area (TPSA) is 38.3 Å². The van der Waals surface area contributed by atoms with Gasteiger partial charge in [0.2, 0.25) is 0 Å². The molecule has 0 aromatic heterocycles. The summed E-state index contributed by atoms with van der Waals surface area (Å²) < 4.78 is 4.75. The molecular weight excluding hydrogens is 238 g/mol. The number of rotatable bonds is 5. The van der Waals surface area contributed by atoms with Crippen LogP contribution in [0.25, 0.3) is 0 Å². The third-order valence-corrected chi connectivity index (χ3v) is 3.23. The molecule has 0 spiro atoms. The van der Waals surface area contributed by atoms with E-state index in [4.69, 9.17) is 4.74 Å². The predicted octanol–water partition coefficient (Wildman–Crippen LogP) is 3.20. The molecule has 0 radical (unpaired) electrons. The third kappa shape index (κ3) is 4.67. The van der Waals surface area contributed by atoms with Crippen LogP contribution < -0.4 is 5.32 Å². The fourth-order valence-electron chi connectivity index (χ4n) is 2.02. The summed E-state index contributed by atoms with van der Waals surface area (Å²) in [6.45, 7) is 9.44. The van der Waals surface area contributed by atoms with Gasteiger partial charge in [-0.2, -0.15) is 0 Å². The van der Waals surface area contributed by atoms with Gasteiger partial charge in [-0.15, -0.1) is 0 Å². The number of ether oxygens (including phenoxy) is 1. The molecule has 1 atom stereocenters. The first-order chi connectivity index (χ1) is 8.88. The second kappa shape index (κ2) is 6.71. The fourth-order valence-corrected chi connectivity index (χ4v) is 2.02. The van der Waals surface area contributed by atoms with Gasteiger partial charge in [-0.25, -0.2) is 0 Å². The molecule has 106 valence electrons. The largest absolute Gasteiger partial charge is 0.469 e. The van der Waals surface area contributed by atoms with E-state index < -0.39 is 0 Å². The van der Waals surface area contributed by atoms with Gasteiger partial charge in [0.25, 0.3) is 0 Å². The Morgan fingerprint density at radius 2 is 1.84 bits per heavy atom. The zero-order valence-corrected chi connectivity index (χ0v) is 12.6. The van der Waals surface area contributed by atoms with E-state index in [0.717, 1.165) is 12.1 Å². The normalized spacial score (nSPS) is 13.1. The van der Waals surface area contributed by atoms with Gasteiger partial charge in [-0.3, -0.25) is 4.79 Å². The summed E-state index contributed by atoms with van der Waals surface area (Å²) in [4.78, 5) is 11.4. The molecule has 0 aliphatic rings. The van der Waals surface area contributed by atoms with Gasteiger partial charge in [0.15, 0.2) is 0 Å². The molecule has 0 aliphatic carbocycles. The van der Waals surface area contributed by atoms with Gasteiger partial charge in [-0.05, 0) is 23.1 Å². The van der Waals surface area contributed by atoms with Gasteiger partial charge in [0, 0.05) is 6.04 Å². The molecule has 1 aromatic rings. The van der Waals surface area contributed by atoms with Crippen LogP contribution in [0.5, 0.6) is 0 Å². The number of hydrogen-bond acceptors (Lipinski definition) is 3. The number of hydrogen-bond donors (Lipinski definition) is 1. The second-order valence-electron chi connectivity index (χ2n) is 5.76. The Kier molecular flexibility index (Phi) is 5.55. The van der Waals surface area contributed by atoms with Gasteiger partial charge in [0.1, 0.15) is 0 Å². The van der Waals surface area contributed by atoms with E-state index in [1.54, 1.807) is 0 Å². The maximum atomic E-state index is 11.4. The van der Waals surface area contributed by atoms with Crippen LogP contribution in [0.1, 0.15) is 51.3 Å². The van der Waals surface area contributed by atoms with Crippen LogP contribution in [0.15, 0.2) is 24.3 Å². The Bertz CT molecular complexity index is 404. The molecule has 0 aliphatic heterocycles. The van der Waals surface area contributed by atoms with Gasteiger partial charge >= 0.3 is 5.97 Å². The smallest absolute Gasteiger partial charge is 0.307 e. The highest BCUT2D eigenvalue weighted by Crippen LogP contribution is 2.25. The zero-order valence-electron chi connectivity index (χ0n) is 12.6. The fraction of sp³-hybridized carbons (Fsp3) is 0.562. The number of carbonyl (C=O) groups is 1. The molecule has 3 heteroatoms. The summed E-state index contributed by atoms with van der Waals surface area (Å²) in [6.07, 6.45) is 0.360. The van der Waals surface area contributed by atoms with Gasteiger partial charge < -0.3 is 10.1 Å². The van der Waals surface area contributed by atoms with E-state index >= 15 is 0 Å². The highest BCUT2D eigenvalue weighted by molar-refractivity contribution is 5.70. The predicted molar refractivity (Wildman–Crippen MR) is 78.2 cm³/mol. The van der Waals surface area contributed by atoms with Crippen molar-refractivity contribution in [1.29, 1.82) is 0 Å². The van der Waals surface area contributed by atoms with Crippen molar-refractivity contribution >= 4 is 5.97 Å². The highest BCUT2D eigenvalue weighted by Gasteiger charge is 2.17. The average Bonchev–Trinajstić information content (AvgIpc) is 2.37. The first-order valence-corrected chi connectivity index (χ1v) is 6.79. The van der Waals surface area contributed by atoms with Crippen LogP contribution in [0.2, 0.25) is 0 Å². The molecule has 0 amide bonds. The van der Waals surface area contributed by atoms with Crippen LogP contribution in [-0.2, 0) is 14.9 Å². The lowest BCUT2D eigenvalue weighted by Gasteiger charge is -2.21. The molecule has 3 nitrogen and oxygen atoms in total. The lowest BCUT2D eigenvalue weighted by molar-refractivity contribution is -0.141. The Balaban J connectivity index is 2.88. The Morgan fingerprint density at radius 3 is 2.26 bits per heavy atom. The van der Waals surface area contributed by atoms with Crippen LogP contribution in [-0.4, -0.2) is 19.6 Å². The number of benzene rings is 1. The monoisotopic (exact) mass is 263 g/mol. The van der Waals surface area contributed by atoms with E-state index in [-0.39, 0.29) is 17.4 Å². The average molecular weight is 263 g/mol. The number of carbonyl (C=O) groups excluding carboxylic acids is 1. The van der Waals surface area contributed by atoms with Crippen LogP contribution >= 0.6 is 0 Å². The molecule has 0 fully saturated rings. The summed E-state index contributed by atoms with van der Waals surface area (Å²) in [5.74, 6) is -0.189. The standard InChI is InChI=1S/C16H25NO2/c1-6-17-14(11-15(18)19-5)12-7-9-13(10-8-12)16(2,3)4/h7-10,14,17H,6,11H2,1-5H3. The second-order valence-corrected chi connectivity index (χ2v) is 5.76. The minimum absolute atomic E-state index is 0.0199. The molecule has 1 unspecified atom stereocenters. The van der Waals surface area contributed by atoms with Crippen molar-refractivity contribution in [2.45, 2.75) is 45.6 Å². The number of methoxy groups -OCH3 is 1. The first kappa shape index (κ1) is 15.7. The summed E-state index contributed by atoms with van der Waals surface area (Å²) in [7, 11) is 1.42. The van der Waals surface area contributed by atoms with Crippen LogP contribution in [0.4, 0.5) is 0 Å². The van der Waals surface area contributed by atoms with Crippen LogP contribution in [0.3, 0.4) is 0 Å². The van der Waals surface area contributed by atoms with E-state index in [9.17, 15) is 4.79 Å².